The van der Waals surface area contributed by atoms with Crippen molar-refractivity contribution in [2.75, 3.05) is 13.1 Å². The molecule has 2 rings (SSSR count). The highest BCUT2D eigenvalue weighted by atomic mass is 19.1. The molecule has 1 aromatic rings. The second-order valence-electron chi connectivity index (χ2n) is 5.81. The summed E-state index contributed by atoms with van der Waals surface area (Å²) in [4.78, 5) is 2.46. The maximum atomic E-state index is 13.4. The van der Waals surface area contributed by atoms with Gasteiger partial charge in [-0.1, -0.05) is 12.1 Å². The van der Waals surface area contributed by atoms with Crippen molar-refractivity contribution in [1.82, 2.24) is 10.2 Å². The largest absolute Gasteiger partial charge is 0.313 e. The van der Waals surface area contributed by atoms with E-state index in [1.54, 1.807) is 12.1 Å². The normalized spacial score (nSPS) is 21.3. The summed E-state index contributed by atoms with van der Waals surface area (Å²) in [5.41, 5.74) is 1.06. The van der Waals surface area contributed by atoms with Gasteiger partial charge in [0, 0.05) is 24.7 Å². The van der Waals surface area contributed by atoms with E-state index in [0.29, 0.717) is 12.1 Å². The molecule has 1 fully saturated rings. The first-order valence-corrected chi connectivity index (χ1v) is 7.32. The van der Waals surface area contributed by atoms with E-state index in [1.165, 1.54) is 18.9 Å². The molecule has 1 heterocycles. The van der Waals surface area contributed by atoms with Gasteiger partial charge in [0.25, 0.3) is 0 Å². The van der Waals surface area contributed by atoms with Crippen LogP contribution in [-0.2, 0) is 0 Å². The van der Waals surface area contributed by atoms with Crippen LogP contribution >= 0.6 is 0 Å². The Bertz CT molecular complexity index is 399. The zero-order chi connectivity index (χ0) is 13.8. The van der Waals surface area contributed by atoms with Crippen LogP contribution in [0, 0.1) is 5.82 Å². The summed E-state index contributed by atoms with van der Waals surface area (Å²) >= 11 is 0. The van der Waals surface area contributed by atoms with Gasteiger partial charge in [-0.25, -0.2) is 4.39 Å². The van der Waals surface area contributed by atoms with E-state index in [2.05, 4.69) is 31.0 Å². The Labute approximate surface area is 116 Å². The highest BCUT2D eigenvalue weighted by Gasteiger charge is 2.24. The molecule has 1 aliphatic rings. The first kappa shape index (κ1) is 14.5. The third-order valence-corrected chi connectivity index (χ3v) is 4.09. The van der Waals surface area contributed by atoms with Crippen LogP contribution in [-0.4, -0.2) is 30.1 Å². The van der Waals surface area contributed by atoms with Crippen molar-refractivity contribution in [2.45, 2.75) is 51.7 Å². The van der Waals surface area contributed by atoms with Gasteiger partial charge in [0.15, 0.2) is 0 Å². The van der Waals surface area contributed by atoms with Crippen molar-refractivity contribution < 1.29 is 4.39 Å². The first-order chi connectivity index (χ1) is 9.08. The van der Waals surface area contributed by atoms with E-state index in [0.717, 1.165) is 18.7 Å². The second-order valence-corrected chi connectivity index (χ2v) is 5.81. The fourth-order valence-corrected chi connectivity index (χ4v) is 2.94. The number of halogens is 1. The lowest BCUT2D eigenvalue weighted by atomic mass is 10.0. The zero-order valence-corrected chi connectivity index (χ0v) is 12.2. The number of benzene rings is 1. The minimum atomic E-state index is -0.146. The van der Waals surface area contributed by atoms with Crippen molar-refractivity contribution in [3.8, 4) is 0 Å². The number of nitrogens with one attached hydrogen (secondary N) is 1. The standard InChI is InChI=1S/C16H25FN2/c1-12(2)19(11-16-8-5-9-18-16)13(3)14-6-4-7-15(17)10-14/h4,6-7,10,12-13,16,18H,5,8-9,11H2,1-3H3. The predicted octanol–water partition coefficient (Wildman–Crippen LogP) is 3.35. The van der Waals surface area contributed by atoms with E-state index in [9.17, 15) is 4.39 Å². The number of hydrogen-bond acceptors (Lipinski definition) is 2. The molecule has 106 valence electrons. The summed E-state index contributed by atoms with van der Waals surface area (Å²) in [7, 11) is 0. The summed E-state index contributed by atoms with van der Waals surface area (Å²) in [6.45, 7) is 8.76. The van der Waals surface area contributed by atoms with E-state index in [4.69, 9.17) is 0 Å². The topological polar surface area (TPSA) is 15.3 Å². The Hall–Kier alpha value is -0.930. The van der Waals surface area contributed by atoms with Gasteiger partial charge in [-0.2, -0.15) is 0 Å². The summed E-state index contributed by atoms with van der Waals surface area (Å²) < 4.78 is 13.4. The van der Waals surface area contributed by atoms with Crippen LogP contribution in [0.2, 0.25) is 0 Å². The van der Waals surface area contributed by atoms with E-state index in [-0.39, 0.29) is 11.9 Å². The van der Waals surface area contributed by atoms with Gasteiger partial charge in [-0.15, -0.1) is 0 Å². The quantitative estimate of drug-likeness (QED) is 0.877. The number of hydrogen-bond donors (Lipinski definition) is 1. The molecule has 1 aromatic carbocycles. The van der Waals surface area contributed by atoms with Crippen LogP contribution in [0.5, 0.6) is 0 Å². The van der Waals surface area contributed by atoms with E-state index in [1.807, 2.05) is 6.07 Å². The van der Waals surface area contributed by atoms with Gasteiger partial charge in [-0.3, -0.25) is 4.90 Å². The molecule has 0 aromatic heterocycles. The molecule has 0 saturated carbocycles. The van der Waals surface area contributed by atoms with E-state index < -0.39 is 0 Å². The van der Waals surface area contributed by atoms with Crippen molar-refractivity contribution in [1.29, 1.82) is 0 Å². The molecule has 0 aliphatic carbocycles. The fraction of sp³-hybridized carbons (Fsp3) is 0.625. The van der Waals surface area contributed by atoms with Gasteiger partial charge in [-0.05, 0) is 57.9 Å². The molecule has 0 bridgehead atoms. The average molecular weight is 264 g/mol. The van der Waals surface area contributed by atoms with Crippen LogP contribution < -0.4 is 5.32 Å². The first-order valence-electron chi connectivity index (χ1n) is 7.32. The molecule has 1 N–H and O–H groups in total. The smallest absolute Gasteiger partial charge is 0.123 e. The number of rotatable bonds is 5. The van der Waals surface area contributed by atoms with Gasteiger partial charge >= 0.3 is 0 Å². The SMILES string of the molecule is CC(C)N(CC1CCCN1)C(C)c1cccc(F)c1. The van der Waals surface area contributed by atoms with Crippen molar-refractivity contribution >= 4 is 0 Å². The molecular weight excluding hydrogens is 239 g/mol. The van der Waals surface area contributed by atoms with Crippen LogP contribution in [0.4, 0.5) is 4.39 Å². The lowest BCUT2D eigenvalue weighted by molar-refractivity contribution is 0.149. The second kappa shape index (κ2) is 6.49. The third-order valence-electron chi connectivity index (χ3n) is 4.09. The fourth-order valence-electron chi connectivity index (χ4n) is 2.94. The van der Waals surface area contributed by atoms with Crippen molar-refractivity contribution in [2.24, 2.45) is 0 Å². The molecule has 2 atom stereocenters. The molecule has 0 amide bonds. The molecule has 1 aliphatic heterocycles. The van der Waals surface area contributed by atoms with Crippen LogP contribution in [0.1, 0.15) is 45.2 Å². The molecule has 3 heteroatoms. The molecule has 0 spiro atoms. The predicted molar refractivity (Wildman–Crippen MR) is 77.7 cm³/mol. The van der Waals surface area contributed by atoms with Gasteiger partial charge in [0.05, 0.1) is 0 Å². The minimum Gasteiger partial charge on any atom is -0.313 e. The molecule has 2 nitrogen and oxygen atoms in total. The Balaban J connectivity index is 2.09. The Morgan fingerprint density at radius 3 is 2.74 bits per heavy atom. The summed E-state index contributed by atoms with van der Waals surface area (Å²) in [6.07, 6.45) is 2.52. The molecule has 2 unspecified atom stereocenters. The highest BCUT2D eigenvalue weighted by molar-refractivity contribution is 5.20. The average Bonchev–Trinajstić information content (AvgIpc) is 2.87. The van der Waals surface area contributed by atoms with Crippen LogP contribution in [0.3, 0.4) is 0 Å². The molecular formula is C16H25FN2. The Morgan fingerprint density at radius 2 is 2.16 bits per heavy atom. The Kier molecular flexibility index (Phi) is 4.94. The van der Waals surface area contributed by atoms with Crippen molar-refractivity contribution in [3.05, 3.63) is 35.6 Å². The molecule has 19 heavy (non-hydrogen) atoms. The summed E-state index contributed by atoms with van der Waals surface area (Å²) in [6, 6.07) is 8.27. The zero-order valence-electron chi connectivity index (χ0n) is 12.2. The summed E-state index contributed by atoms with van der Waals surface area (Å²) in [5.74, 6) is -0.146. The monoisotopic (exact) mass is 264 g/mol. The van der Waals surface area contributed by atoms with Crippen molar-refractivity contribution in [3.63, 3.8) is 0 Å². The Morgan fingerprint density at radius 1 is 1.37 bits per heavy atom. The lowest BCUT2D eigenvalue weighted by Crippen LogP contribution is -2.42. The van der Waals surface area contributed by atoms with Gasteiger partial charge in [0.1, 0.15) is 5.82 Å². The molecule has 0 radical (unpaired) electrons. The van der Waals surface area contributed by atoms with Gasteiger partial charge in [0.2, 0.25) is 0 Å². The lowest BCUT2D eigenvalue weighted by Gasteiger charge is -2.35. The van der Waals surface area contributed by atoms with Crippen LogP contribution in [0.15, 0.2) is 24.3 Å². The minimum absolute atomic E-state index is 0.146. The number of nitrogens with zero attached hydrogens (tertiary/aromatic N) is 1. The maximum Gasteiger partial charge on any atom is 0.123 e. The third kappa shape index (κ3) is 3.77. The van der Waals surface area contributed by atoms with Gasteiger partial charge < -0.3 is 5.32 Å². The summed E-state index contributed by atoms with van der Waals surface area (Å²) in [5, 5.41) is 3.54. The van der Waals surface area contributed by atoms with Crippen LogP contribution in [0.25, 0.3) is 0 Å². The highest BCUT2D eigenvalue weighted by Crippen LogP contribution is 2.24. The maximum absolute atomic E-state index is 13.4. The molecule has 1 saturated heterocycles. The van der Waals surface area contributed by atoms with E-state index >= 15 is 0 Å².